The Bertz CT molecular complexity index is 614. The van der Waals surface area contributed by atoms with E-state index in [1.165, 1.54) is 17.0 Å². The fourth-order valence-electron chi connectivity index (χ4n) is 3.23. The van der Waals surface area contributed by atoms with Crippen LogP contribution < -0.4 is 10.2 Å². The van der Waals surface area contributed by atoms with Crippen LogP contribution in [-0.4, -0.2) is 23.4 Å². The molecule has 1 heterocycles. The van der Waals surface area contributed by atoms with Crippen molar-refractivity contribution >= 4 is 29.1 Å². The first-order chi connectivity index (χ1) is 9.94. The molecule has 2 fully saturated rings. The van der Waals surface area contributed by atoms with E-state index in [1.807, 2.05) is 0 Å². The van der Waals surface area contributed by atoms with Gasteiger partial charge in [0.1, 0.15) is 17.4 Å². The number of nitrogens with one attached hydrogen (secondary N) is 1. The van der Waals surface area contributed by atoms with Crippen molar-refractivity contribution in [2.75, 3.05) is 4.90 Å². The van der Waals surface area contributed by atoms with Crippen molar-refractivity contribution < 1.29 is 14.0 Å². The van der Waals surface area contributed by atoms with E-state index in [1.54, 1.807) is 6.92 Å². The Balaban J connectivity index is 2.05. The van der Waals surface area contributed by atoms with Crippen molar-refractivity contribution in [2.45, 2.75) is 44.2 Å². The fourth-order valence-corrected chi connectivity index (χ4v) is 3.49. The summed E-state index contributed by atoms with van der Waals surface area (Å²) in [6.07, 6.45) is 3.09. The molecule has 3 rings (SSSR count). The average Bonchev–Trinajstić information content (AvgIpc) is 2.89. The maximum absolute atomic E-state index is 13.2. The van der Waals surface area contributed by atoms with Gasteiger partial charge in [0.2, 0.25) is 5.91 Å². The van der Waals surface area contributed by atoms with E-state index < -0.39 is 17.4 Å². The Hall–Kier alpha value is -1.62. The van der Waals surface area contributed by atoms with Gasteiger partial charge in [-0.05, 0) is 38.0 Å². The van der Waals surface area contributed by atoms with Crippen LogP contribution in [0.3, 0.4) is 0 Å². The fraction of sp³-hybridized carbons (Fsp3) is 0.467. The number of hydrogen-bond acceptors (Lipinski definition) is 2. The highest BCUT2D eigenvalue weighted by Crippen LogP contribution is 2.38. The topological polar surface area (TPSA) is 49.4 Å². The third-order valence-corrected chi connectivity index (χ3v) is 4.69. The summed E-state index contributed by atoms with van der Waals surface area (Å²) in [4.78, 5) is 26.6. The van der Waals surface area contributed by atoms with Gasteiger partial charge in [-0.2, -0.15) is 0 Å². The van der Waals surface area contributed by atoms with Crippen LogP contribution in [0, 0.1) is 5.82 Å². The van der Waals surface area contributed by atoms with Crippen LogP contribution in [0.1, 0.15) is 32.6 Å². The van der Waals surface area contributed by atoms with Gasteiger partial charge < -0.3 is 5.32 Å². The van der Waals surface area contributed by atoms with Crippen LogP contribution in [0.5, 0.6) is 0 Å². The maximum Gasteiger partial charge on any atom is 0.253 e. The van der Waals surface area contributed by atoms with Gasteiger partial charge in [-0.25, -0.2) is 4.39 Å². The first kappa shape index (κ1) is 14.3. The van der Waals surface area contributed by atoms with Gasteiger partial charge in [0, 0.05) is 0 Å². The first-order valence-electron chi connectivity index (χ1n) is 7.05. The summed E-state index contributed by atoms with van der Waals surface area (Å²) in [6.45, 7) is 1.65. The Morgan fingerprint density at radius 2 is 2.00 bits per heavy atom. The van der Waals surface area contributed by atoms with Crippen molar-refractivity contribution in [3.8, 4) is 0 Å². The van der Waals surface area contributed by atoms with E-state index in [0.717, 1.165) is 18.9 Å². The van der Waals surface area contributed by atoms with Gasteiger partial charge in [-0.15, -0.1) is 0 Å². The second-order valence-electron chi connectivity index (χ2n) is 5.73. The lowest BCUT2D eigenvalue weighted by Gasteiger charge is -2.43. The predicted molar refractivity (Wildman–Crippen MR) is 77.7 cm³/mol. The minimum absolute atomic E-state index is 0.137. The predicted octanol–water partition coefficient (Wildman–Crippen LogP) is 2.64. The van der Waals surface area contributed by atoms with Crippen LogP contribution in [-0.2, 0) is 9.59 Å². The van der Waals surface area contributed by atoms with Crippen LogP contribution in [0.2, 0.25) is 5.02 Å². The van der Waals surface area contributed by atoms with Crippen LogP contribution in [0.25, 0.3) is 0 Å². The lowest BCUT2D eigenvalue weighted by molar-refractivity contribution is -0.137. The second kappa shape index (κ2) is 4.98. The summed E-state index contributed by atoms with van der Waals surface area (Å²) in [5.41, 5.74) is -0.432. The molecule has 1 aliphatic heterocycles. The SMILES string of the molecule is CC1C(=O)NC2(CCCC2)C(=O)N1c1ccc(F)cc1Cl. The molecule has 1 atom stereocenters. The molecule has 21 heavy (non-hydrogen) atoms. The lowest BCUT2D eigenvalue weighted by Crippen LogP contribution is -2.69. The molecular weight excluding hydrogens is 295 g/mol. The molecule has 2 amide bonds. The highest BCUT2D eigenvalue weighted by Gasteiger charge is 2.51. The molecule has 4 nitrogen and oxygen atoms in total. The molecule has 0 aromatic heterocycles. The smallest absolute Gasteiger partial charge is 0.253 e. The number of halogens is 2. The van der Waals surface area contributed by atoms with E-state index in [2.05, 4.69) is 5.32 Å². The number of anilines is 1. The second-order valence-corrected chi connectivity index (χ2v) is 6.13. The van der Waals surface area contributed by atoms with Crippen LogP contribution in [0.15, 0.2) is 18.2 Å². The monoisotopic (exact) mass is 310 g/mol. The number of rotatable bonds is 1. The zero-order valence-corrected chi connectivity index (χ0v) is 12.4. The van der Waals surface area contributed by atoms with Crippen LogP contribution >= 0.6 is 11.6 Å². The molecule has 112 valence electrons. The molecule has 1 spiro atoms. The summed E-state index contributed by atoms with van der Waals surface area (Å²) >= 11 is 6.07. The quantitative estimate of drug-likeness (QED) is 0.867. The van der Waals surface area contributed by atoms with Crippen molar-refractivity contribution in [2.24, 2.45) is 0 Å². The van der Waals surface area contributed by atoms with Gasteiger partial charge in [-0.3, -0.25) is 14.5 Å². The Kier molecular flexibility index (Phi) is 3.40. The molecule has 2 aliphatic rings. The highest BCUT2D eigenvalue weighted by atomic mass is 35.5. The van der Waals surface area contributed by atoms with Gasteiger partial charge in [0.05, 0.1) is 10.7 Å². The van der Waals surface area contributed by atoms with Crippen molar-refractivity contribution in [3.63, 3.8) is 0 Å². The number of nitrogens with zero attached hydrogens (tertiary/aromatic N) is 1. The largest absolute Gasteiger partial charge is 0.340 e. The van der Waals surface area contributed by atoms with Gasteiger partial charge >= 0.3 is 0 Å². The van der Waals surface area contributed by atoms with E-state index in [0.29, 0.717) is 18.5 Å². The van der Waals surface area contributed by atoms with E-state index in [4.69, 9.17) is 11.6 Å². The normalized spacial score (nSPS) is 24.5. The maximum atomic E-state index is 13.2. The molecule has 1 saturated heterocycles. The third-order valence-electron chi connectivity index (χ3n) is 4.38. The molecule has 6 heteroatoms. The minimum atomic E-state index is -0.818. The van der Waals surface area contributed by atoms with Gasteiger partial charge in [-0.1, -0.05) is 24.4 Å². The summed E-state index contributed by atoms with van der Waals surface area (Å²) in [6, 6.07) is 3.19. The number of carbonyl (C=O) groups is 2. The number of benzene rings is 1. The molecule has 0 bridgehead atoms. The molecule has 1 saturated carbocycles. The highest BCUT2D eigenvalue weighted by molar-refractivity contribution is 6.34. The van der Waals surface area contributed by atoms with E-state index >= 15 is 0 Å². The standard InChI is InChI=1S/C15H16ClFN2O2/c1-9-13(20)18-15(6-2-3-7-15)14(21)19(9)12-5-4-10(17)8-11(12)16/h4-5,8-9H,2-3,6-7H2,1H3,(H,18,20). The van der Waals surface area contributed by atoms with Gasteiger partial charge in [0.15, 0.2) is 0 Å². The van der Waals surface area contributed by atoms with Crippen molar-refractivity contribution in [1.29, 1.82) is 0 Å². The Morgan fingerprint density at radius 1 is 1.33 bits per heavy atom. The number of carbonyl (C=O) groups excluding carboxylic acids is 2. The van der Waals surface area contributed by atoms with Gasteiger partial charge in [0.25, 0.3) is 5.91 Å². The molecule has 1 aromatic carbocycles. The van der Waals surface area contributed by atoms with E-state index in [9.17, 15) is 14.0 Å². The Labute approximate surface area is 127 Å². The zero-order chi connectivity index (χ0) is 15.2. The first-order valence-corrected chi connectivity index (χ1v) is 7.43. The number of amides is 2. The summed E-state index contributed by atoms with van der Waals surface area (Å²) in [7, 11) is 0. The molecule has 1 N–H and O–H groups in total. The molecule has 1 unspecified atom stereocenters. The summed E-state index contributed by atoms with van der Waals surface area (Å²) in [5.74, 6) is -0.821. The molecular formula is C15H16ClFN2O2. The molecule has 0 radical (unpaired) electrons. The van der Waals surface area contributed by atoms with Crippen LogP contribution in [0.4, 0.5) is 10.1 Å². The Morgan fingerprint density at radius 3 is 2.62 bits per heavy atom. The van der Waals surface area contributed by atoms with E-state index in [-0.39, 0.29) is 16.8 Å². The number of hydrogen-bond donors (Lipinski definition) is 1. The summed E-state index contributed by atoms with van der Waals surface area (Å²) in [5, 5.41) is 3.01. The number of piperazine rings is 1. The zero-order valence-electron chi connectivity index (χ0n) is 11.7. The lowest BCUT2D eigenvalue weighted by atomic mass is 9.90. The van der Waals surface area contributed by atoms with Crippen molar-refractivity contribution in [3.05, 3.63) is 29.0 Å². The average molecular weight is 311 g/mol. The molecule has 1 aromatic rings. The minimum Gasteiger partial charge on any atom is -0.340 e. The summed E-state index contributed by atoms with van der Waals surface area (Å²) < 4.78 is 13.2. The molecule has 1 aliphatic carbocycles. The third kappa shape index (κ3) is 2.20. The van der Waals surface area contributed by atoms with Crippen molar-refractivity contribution in [1.82, 2.24) is 5.32 Å².